The lowest BCUT2D eigenvalue weighted by Gasteiger charge is -2.22. The normalized spacial score (nSPS) is 11.6. The molecule has 3 N–H and O–H groups in total. The zero-order valence-electron chi connectivity index (χ0n) is 19.1. The summed E-state index contributed by atoms with van der Waals surface area (Å²) in [6, 6.07) is 23.2. The van der Waals surface area contributed by atoms with Gasteiger partial charge in [0.15, 0.2) is 0 Å². The average Bonchev–Trinajstić information content (AvgIpc) is 2.88. The molecule has 0 radical (unpaired) electrons. The zero-order chi connectivity index (χ0) is 24.8. The van der Waals surface area contributed by atoms with Gasteiger partial charge in [0.05, 0.1) is 23.9 Å². The fourth-order valence-corrected chi connectivity index (χ4v) is 3.84. The van der Waals surface area contributed by atoms with Crippen molar-refractivity contribution >= 4 is 23.5 Å². The van der Waals surface area contributed by atoms with Gasteiger partial charge in [0.1, 0.15) is 5.75 Å². The van der Waals surface area contributed by atoms with Gasteiger partial charge in [-0.1, -0.05) is 72.3 Å². The van der Waals surface area contributed by atoms with Crippen molar-refractivity contribution in [2.75, 3.05) is 18.9 Å². The second-order valence-corrected chi connectivity index (χ2v) is 8.47. The molecule has 7 nitrogen and oxygen atoms in total. The number of carbonyl (C=O) groups is 1. The van der Waals surface area contributed by atoms with E-state index in [0.29, 0.717) is 34.3 Å². The predicted octanol–water partition coefficient (Wildman–Crippen LogP) is 4.92. The van der Waals surface area contributed by atoms with Gasteiger partial charge in [-0.3, -0.25) is 4.79 Å². The molecule has 0 saturated carbocycles. The molecule has 1 atom stereocenters. The number of likely N-dealkylation sites (N-methyl/N-ethyl adjacent to an activating group) is 1. The molecule has 8 heteroatoms. The minimum Gasteiger partial charge on any atom is -0.508 e. The first-order chi connectivity index (χ1) is 16.9. The number of hydrogen-bond donors (Lipinski definition) is 3. The predicted molar refractivity (Wildman–Crippen MR) is 136 cm³/mol. The molecular weight excluding hydrogens is 464 g/mol. The number of aromatic nitrogens is 2. The summed E-state index contributed by atoms with van der Waals surface area (Å²) >= 11 is 6.25. The van der Waals surface area contributed by atoms with Crippen LogP contribution in [0.2, 0.25) is 5.02 Å². The standard InChI is InChI=1S/C27H25ClN4O3/c1-32(17-24(34)19-11-7-12-21(33)14-19)26(35)22-16-30-27(29-15-20-10-5-6-13-23(20)28)31-25(22)18-8-3-2-4-9-18/h2-14,16,24,33-34H,15,17H2,1H3,(H,29,30,31). The van der Waals surface area contributed by atoms with Crippen molar-refractivity contribution in [1.29, 1.82) is 0 Å². The first kappa shape index (κ1) is 24.2. The van der Waals surface area contributed by atoms with E-state index < -0.39 is 6.10 Å². The van der Waals surface area contributed by atoms with Crippen LogP contribution in [0.5, 0.6) is 5.75 Å². The molecule has 0 spiro atoms. The number of phenols is 1. The Morgan fingerprint density at radius 3 is 2.54 bits per heavy atom. The van der Waals surface area contributed by atoms with Gasteiger partial charge in [0.2, 0.25) is 5.95 Å². The summed E-state index contributed by atoms with van der Waals surface area (Å²) in [5.74, 6) is 0.0821. The summed E-state index contributed by atoms with van der Waals surface area (Å²) < 4.78 is 0. The average molecular weight is 489 g/mol. The van der Waals surface area contributed by atoms with Crippen LogP contribution in [0.4, 0.5) is 5.95 Å². The molecule has 4 aromatic rings. The van der Waals surface area contributed by atoms with E-state index in [-0.39, 0.29) is 18.2 Å². The summed E-state index contributed by atoms with van der Waals surface area (Å²) in [7, 11) is 1.60. The van der Waals surface area contributed by atoms with Gasteiger partial charge in [0.25, 0.3) is 5.91 Å². The van der Waals surface area contributed by atoms with Crippen molar-refractivity contribution in [2.45, 2.75) is 12.6 Å². The highest BCUT2D eigenvalue weighted by molar-refractivity contribution is 6.31. The van der Waals surface area contributed by atoms with Crippen molar-refractivity contribution in [3.05, 3.63) is 107 Å². The first-order valence-corrected chi connectivity index (χ1v) is 11.4. The van der Waals surface area contributed by atoms with E-state index >= 15 is 0 Å². The smallest absolute Gasteiger partial charge is 0.257 e. The number of carbonyl (C=O) groups excluding carboxylic acids is 1. The molecule has 0 aliphatic carbocycles. The van der Waals surface area contributed by atoms with Crippen LogP contribution in [0.1, 0.15) is 27.6 Å². The number of phenolic OH excluding ortho intramolecular Hbond substituents is 1. The Bertz CT molecular complexity index is 1320. The van der Waals surface area contributed by atoms with E-state index in [1.807, 2.05) is 54.6 Å². The van der Waals surface area contributed by atoms with Crippen molar-refractivity contribution in [1.82, 2.24) is 14.9 Å². The van der Waals surface area contributed by atoms with E-state index in [1.54, 1.807) is 19.2 Å². The maximum Gasteiger partial charge on any atom is 0.257 e. The Hall–Kier alpha value is -3.94. The van der Waals surface area contributed by atoms with Gasteiger partial charge in [-0.15, -0.1) is 0 Å². The number of aliphatic hydroxyl groups excluding tert-OH is 1. The summed E-state index contributed by atoms with van der Waals surface area (Å²) in [6.07, 6.45) is 0.526. The molecule has 1 unspecified atom stereocenters. The van der Waals surface area contributed by atoms with Crippen LogP contribution in [0, 0.1) is 0 Å². The number of halogens is 1. The summed E-state index contributed by atoms with van der Waals surface area (Å²) in [6.45, 7) is 0.459. The number of anilines is 1. The Labute approximate surface area is 208 Å². The molecule has 178 valence electrons. The van der Waals surface area contributed by atoms with E-state index in [0.717, 1.165) is 11.1 Å². The van der Waals surface area contributed by atoms with Crippen LogP contribution in [0.15, 0.2) is 85.1 Å². The van der Waals surface area contributed by atoms with Crippen LogP contribution >= 0.6 is 11.6 Å². The maximum atomic E-state index is 13.4. The van der Waals surface area contributed by atoms with Crippen molar-refractivity contribution < 1.29 is 15.0 Å². The van der Waals surface area contributed by atoms with Gasteiger partial charge in [-0.05, 0) is 29.3 Å². The molecule has 3 aromatic carbocycles. The van der Waals surface area contributed by atoms with Gasteiger partial charge in [-0.25, -0.2) is 9.97 Å². The molecule has 4 rings (SSSR count). The van der Waals surface area contributed by atoms with Gasteiger partial charge in [-0.2, -0.15) is 0 Å². The number of nitrogens with one attached hydrogen (secondary N) is 1. The zero-order valence-corrected chi connectivity index (χ0v) is 19.9. The monoisotopic (exact) mass is 488 g/mol. The molecule has 1 amide bonds. The number of aliphatic hydroxyl groups is 1. The lowest BCUT2D eigenvalue weighted by molar-refractivity contribution is 0.0681. The molecular formula is C27H25ClN4O3. The van der Waals surface area contributed by atoms with Crippen LogP contribution in [-0.4, -0.2) is 44.6 Å². The minimum atomic E-state index is -0.964. The lowest BCUT2D eigenvalue weighted by atomic mass is 10.1. The summed E-state index contributed by atoms with van der Waals surface area (Å²) in [5, 5.41) is 24.1. The number of rotatable bonds is 8. The number of aromatic hydroxyl groups is 1. The molecule has 35 heavy (non-hydrogen) atoms. The second kappa shape index (κ2) is 11.0. The first-order valence-electron chi connectivity index (χ1n) is 11.0. The van der Waals surface area contributed by atoms with Crippen molar-refractivity contribution in [2.24, 2.45) is 0 Å². The number of benzene rings is 3. The SMILES string of the molecule is CN(CC(O)c1cccc(O)c1)C(=O)c1cnc(NCc2ccccc2Cl)nc1-c1ccccc1. The van der Waals surface area contributed by atoms with E-state index in [4.69, 9.17) is 11.6 Å². The highest BCUT2D eigenvalue weighted by Gasteiger charge is 2.22. The molecule has 0 saturated heterocycles. The third kappa shape index (κ3) is 5.95. The lowest BCUT2D eigenvalue weighted by Crippen LogP contribution is -2.31. The van der Waals surface area contributed by atoms with Crippen LogP contribution in [0.25, 0.3) is 11.3 Å². The number of nitrogens with zero attached hydrogens (tertiary/aromatic N) is 3. The van der Waals surface area contributed by atoms with Gasteiger partial charge >= 0.3 is 0 Å². The molecule has 0 bridgehead atoms. The third-order valence-electron chi connectivity index (χ3n) is 5.51. The quantitative estimate of drug-likeness (QED) is 0.325. The minimum absolute atomic E-state index is 0.0308. The van der Waals surface area contributed by atoms with Crippen molar-refractivity contribution in [3.63, 3.8) is 0 Å². The van der Waals surface area contributed by atoms with E-state index in [2.05, 4.69) is 15.3 Å². The molecule has 1 aromatic heterocycles. The third-order valence-corrected chi connectivity index (χ3v) is 5.88. The summed E-state index contributed by atoms with van der Waals surface area (Å²) in [4.78, 5) is 23.8. The van der Waals surface area contributed by atoms with Crippen molar-refractivity contribution in [3.8, 4) is 17.0 Å². The fourth-order valence-electron chi connectivity index (χ4n) is 3.64. The summed E-state index contributed by atoms with van der Waals surface area (Å²) in [5.41, 5.74) is 2.97. The Kier molecular flexibility index (Phi) is 7.60. The Morgan fingerprint density at radius 1 is 1.06 bits per heavy atom. The van der Waals surface area contributed by atoms with E-state index in [1.165, 1.54) is 23.2 Å². The number of amides is 1. The maximum absolute atomic E-state index is 13.4. The highest BCUT2D eigenvalue weighted by Crippen LogP contribution is 2.25. The second-order valence-electron chi connectivity index (χ2n) is 8.06. The molecule has 1 heterocycles. The Morgan fingerprint density at radius 2 is 1.80 bits per heavy atom. The van der Waals surface area contributed by atoms with E-state index in [9.17, 15) is 15.0 Å². The molecule has 0 aliphatic rings. The molecule has 0 aliphatic heterocycles. The molecule has 0 fully saturated rings. The number of hydrogen-bond acceptors (Lipinski definition) is 6. The van der Waals surface area contributed by atoms with Crippen LogP contribution < -0.4 is 5.32 Å². The fraction of sp³-hybridized carbons (Fsp3) is 0.148. The Balaban J connectivity index is 1.58. The van der Waals surface area contributed by atoms with Gasteiger partial charge < -0.3 is 20.4 Å². The van der Waals surface area contributed by atoms with Crippen LogP contribution in [0.3, 0.4) is 0 Å². The largest absolute Gasteiger partial charge is 0.508 e. The topological polar surface area (TPSA) is 98.6 Å². The highest BCUT2D eigenvalue weighted by atomic mass is 35.5. The van der Waals surface area contributed by atoms with Gasteiger partial charge in [0, 0.05) is 30.4 Å². The van der Waals surface area contributed by atoms with Crippen LogP contribution in [-0.2, 0) is 6.54 Å².